The van der Waals surface area contributed by atoms with Gasteiger partial charge in [0.05, 0.1) is 5.16 Å². The molecule has 1 aromatic heterocycles. The molecule has 2 rings (SSSR count). The number of hydrogen-bond acceptors (Lipinski definition) is 5. The van der Waals surface area contributed by atoms with Gasteiger partial charge in [0.25, 0.3) is 0 Å². The molecule has 0 aromatic carbocycles. The Morgan fingerprint density at radius 2 is 2.06 bits per heavy atom. The van der Waals surface area contributed by atoms with Crippen LogP contribution < -0.4 is 4.90 Å². The van der Waals surface area contributed by atoms with Crippen molar-refractivity contribution in [3.05, 3.63) is 11.8 Å². The van der Waals surface area contributed by atoms with E-state index in [2.05, 4.69) is 37.2 Å². The number of isothiocyanates is 1. The van der Waals surface area contributed by atoms with Crippen LogP contribution in [0, 0.1) is 6.92 Å². The molecule has 5 heteroatoms. The minimum absolute atomic E-state index is 0.600. The molecule has 4 nitrogen and oxygen atoms in total. The van der Waals surface area contributed by atoms with Crippen molar-refractivity contribution in [3.63, 3.8) is 0 Å². The molecule has 1 saturated heterocycles. The highest BCUT2D eigenvalue weighted by Crippen LogP contribution is 2.19. The first-order valence-electron chi connectivity index (χ1n) is 5.48. The Balaban J connectivity index is 2.28. The zero-order chi connectivity index (χ0) is 11.4. The van der Waals surface area contributed by atoms with E-state index in [1.165, 1.54) is 19.3 Å². The fourth-order valence-electron chi connectivity index (χ4n) is 1.88. The number of aromatic nitrogens is 2. The summed E-state index contributed by atoms with van der Waals surface area (Å²) in [7, 11) is 0. The third-order valence-electron chi connectivity index (χ3n) is 2.63. The highest BCUT2D eigenvalue weighted by atomic mass is 32.1. The predicted octanol–water partition coefficient (Wildman–Crippen LogP) is 2.51. The summed E-state index contributed by atoms with van der Waals surface area (Å²) in [5.41, 5.74) is 0.916. The van der Waals surface area contributed by atoms with Gasteiger partial charge in [0.2, 0.25) is 5.95 Å². The molecule has 16 heavy (non-hydrogen) atoms. The molecule has 1 aliphatic heterocycles. The maximum Gasteiger partial charge on any atom is 0.227 e. The van der Waals surface area contributed by atoms with Crippen LogP contribution in [0.4, 0.5) is 11.8 Å². The van der Waals surface area contributed by atoms with E-state index >= 15 is 0 Å². The molecule has 1 fully saturated rings. The Bertz CT molecular complexity index is 420. The van der Waals surface area contributed by atoms with Crippen molar-refractivity contribution in [2.24, 2.45) is 4.99 Å². The van der Waals surface area contributed by atoms with Gasteiger partial charge in [-0.1, -0.05) is 0 Å². The zero-order valence-corrected chi connectivity index (χ0v) is 10.1. The fraction of sp³-hybridized carbons (Fsp3) is 0.545. The molecule has 0 radical (unpaired) electrons. The van der Waals surface area contributed by atoms with E-state index < -0.39 is 0 Å². The fourth-order valence-corrected chi connectivity index (χ4v) is 1.97. The molecule has 0 N–H and O–H groups in total. The molecule has 0 aliphatic carbocycles. The molecule has 0 amide bonds. The lowest BCUT2D eigenvalue weighted by Crippen LogP contribution is -2.31. The number of hydrogen-bond donors (Lipinski definition) is 0. The lowest BCUT2D eigenvalue weighted by Gasteiger charge is -2.26. The van der Waals surface area contributed by atoms with Gasteiger partial charge in [-0.2, -0.15) is 9.98 Å². The Morgan fingerprint density at radius 1 is 1.31 bits per heavy atom. The number of nitrogens with zero attached hydrogens (tertiary/aromatic N) is 4. The quantitative estimate of drug-likeness (QED) is 0.582. The lowest BCUT2D eigenvalue weighted by atomic mass is 10.1. The molecule has 1 aliphatic rings. The van der Waals surface area contributed by atoms with Crippen LogP contribution in [-0.4, -0.2) is 28.2 Å². The molecule has 2 heterocycles. The monoisotopic (exact) mass is 234 g/mol. The first kappa shape index (κ1) is 11.2. The highest BCUT2D eigenvalue weighted by molar-refractivity contribution is 7.78. The summed E-state index contributed by atoms with van der Waals surface area (Å²) in [6, 6.07) is 1.81. The van der Waals surface area contributed by atoms with Crippen LogP contribution in [0.15, 0.2) is 11.1 Å². The standard InChI is InChI=1S/C11H14N4S/c1-9-7-10(12-8-16)14-11(13-9)15-5-3-2-4-6-15/h7H,2-6H2,1H3. The van der Waals surface area contributed by atoms with Gasteiger partial charge in [-0.15, -0.1) is 0 Å². The molecule has 84 valence electrons. The number of rotatable bonds is 2. The predicted molar refractivity (Wildman–Crippen MR) is 67.5 cm³/mol. The molecular formula is C11H14N4S. The largest absolute Gasteiger partial charge is 0.341 e. The summed E-state index contributed by atoms with van der Waals surface area (Å²) >= 11 is 4.59. The smallest absolute Gasteiger partial charge is 0.227 e. The molecule has 0 spiro atoms. The summed E-state index contributed by atoms with van der Waals surface area (Å²) in [6.07, 6.45) is 3.72. The van der Waals surface area contributed by atoms with Gasteiger partial charge in [-0.05, 0) is 38.4 Å². The average Bonchev–Trinajstić information content (AvgIpc) is 2.30. The van der Waals surface area contributed by atoms with E-state index in [1.807, 2.05) is 13.0 Å². The highest BCUT2D eigenvalue weighted by Gasteiger charge is 2.14. The number of aliphatic imine (C=N–C) groups is 1. The van der Waals surface area contributed by atoms with Gasteiger partial charge in [0.15, 0.2) is 5.82 Å². The number of piperidine rings is 1. The maximum atomic E-state index is 4.59. The zero-order valence-electron chi connectivity index (χ0n) is 9.31. The molecule has 0 bridgehead atoms. The van der Waals surface area contributed by atoms with Crippen LogP contribution in [0.3, 0.4) is 0 Å². The van der Waals surface area contributed by atoms with Crippen molar-refractivity contribution in [1.82, 2.24) is 9.97 Å². The molecular weight excluding hydrogens is 220 g/mol. The summed E-state index contributed by atoms with van der Waals surface area (Å²) in [6.45, 7) is 4.01. The lowest BCUT2D eigenvalue weighted by molar-refractivity contribution is 0.568. The molecule has 0 unspecified atom stereocenters. The van der Waals surface area contributed by atoms with Crippen molar-refractivity contribution >= 4 is 29.1 Å². The van der Waals surface area contributed by atoms with Crippen molar-refractivity contribution in [2.75, 3.05) is 18.0 Å². The van der Waals surface area contributed by atoms with E-state index in [0.29, 0.717) is 5.82 Å². The third kappa shape index (κ3) is 2.62. The van der Waals surface area contributed by atoms with Crippen molar-refractivity contribution < 1.29 is 0 Å². The van der Waals surface area contributed by atoms with Gasteiger partial charge >= 0.3 is 0 Å². The van der Waals surface area contributed by atoms with Crippen molar-refractivity contribution in [1.29, 1.82) is 0 Å². The molecule has 1 aromatic rings. The van der Waals surface area contributed by atoms with Crippen LogP contribution in [0.5, 0.6) is 0 Å². The Morgan fingerprint density at radius 3 is 2.75 bits per heavy atom. The Hall–Kier alpha value is -1.32. The van der Waals surface area contributed by atoms with Crippen LogP contribution in [-0.2, 0) is 0 Å². The topological polar surface area (TPSA) is 41.4 Å². The summed E-state index contributed by atoms with van der Waals surface area (Å²) in [5.74, 6) is 1.37. The van der Waals surface area contributed by atoms with Crippen molar-refractivity contribution in [2.45, 2.75) is 26.2 Å². The summed E-state index contributed by atoms with van der Waals surface area (Å²) < 4.78 is 0. The number of thiocarbonyl (C=S) groups is 1. The number of anilines is 1. The third-order valence-corrected chi connectivity index (χ3v) is 2.72. The van der Waals surface area contributed by atoms with Crippen molar-refractivity contribution in [3.8, 4) is 0 Å². The summed E-state index contributed by atoms with van der Waals surface area (Å²) in [4.78, 5) is 14.9. The first-order valence-corrected chi connectivity index (χ1v) is 5.89. The Labute approximate surface area is 100 Å². The number of aryl methyl sites for hydroxylation is 1. The second kappa shape index (κ2) is 5.14. The Kier molecular flexibility index (Phi) is 3.59. The van der Waals surface area contributed by atoms with Gasteiger partial charge in [-0.3, -0.25) is 0 Å². The van der Waals surface area contributed by atoms with Crippen LogP contribution in [0.1, 0.15) is 25.0 Å². The van der Waals surface area contributed by atoms with Crippen LogP contribution in [0.25, 0.3) is 0 Å². The molecule has 0 saturated carbocycles. The minimum atomic E-state index is 0.600. The van der Waals surface area contributed by atoms with E-state index in [9.17, 15) is 0 Å². The van der Waals surface area contributed by atoms with Crippen LogP contribution >= 0.6 is 12.2 Å². The SMILES string of the molecule is Cc1cc(N=C=S)nc(N2CCCCC2)n1. The van der Waals surface area contributed by atoms with Gasteiger partial charge < -0.3 is 4.90 Å². The van der Waals surface area contributed by atoms with E-state index in [-0.39, 0.29) is 0 Å². The second-order valence-electron chi connectivity index (χ2n) is 3.92. The average molecular weight is 234 g/mol. The van der Waals surface area contributed by atoms with Gasteiger partial charge in [-0.25, -0.2) is 4.98 Å². The maximum absolute atomic E-state index is 4.59. The minimum Gasteiger partial charge on any atom is -0.341 e. The first-order chi connectivity index (χ1) is 7.79. The van der Waals surface area contributed by atoms with Gasteiger partial charge in [0.1, 0.15) is 0 Å². The molecule has 0 atom stereocenters. The van der Waals surface area contributed by atoms with E-state index in [0.717, 1.165) is 24.7 Å². The summed E-state index contributed by atoms with van der Waals surface area (Å²) in [5, 5.41) is 2.34. The normalized spacial score (nSPS) is 15.7. The van der Waals surface area contributed by atoms with Gasteiger partial charge in [0, 0.05) is 24.8 Å². The van der Waals surface area contributed by atoms with Crippen LogP contribution in [0.2, 0.25) is 0 Å². The van der Waals surface area contributed by atoms with E-state index in [4.69, 9.17) is 0 Å². The van der Waals surface area contributed by atoms with E-state index in [1.54, 1.807) is 0 Å². The second-order valence-corrected chi connectivity index (χ2v) is 4.10.